The van der Waals surface area contributed by atoms with Gasteiger partial charge in [0.05, 0.1) is 30.0 Å². The minimum atomic E-state index is -1.21. The maximum absolute atomic E-state index is 11.7. The summed E-state index contributed by atoms with van der Waals surface area (Å²) >= 11 is 1.42. The molecular weight excluding hydrogens is 322 g/mol. The van der Waals surface area contributed by atoms with Crippen LogP contribution in [0.1, 0.15) is 42.6 Å². The van der Waals surface area contributed by atoms with Gasteiger partial charge in [0.15, 0.2) is 5.69 Å². The van der Waals surface area contributed by atoms with Gasteiger partial charge in [-0.2, -0.15) is 0 Å². The van der Waals surface area contributed by atoms with Gasteiger partial charge in [0.25, 0.3) is 0 Å². The normalized spacial score (nSPS) is 11.3. The van der Waals surface area contributed by atoms with Crippen LogP contribution in [-0.2, 0) is 17.8 Å². The van der Waals surface area contributed by atoms with Crippen LogP contribution in [0.15, 0.2) is 10.9 Å². The van der Waals surface area contributed by atoms with Crippen LogP contribution in [0.4, 0.5) is 4.79 Å². The Labute approximate surface area is 136 Å². The van der Waals surface area contributed by atoms with Gasteiger partial charge in [-0.15, -0.1) is 16.4 Å². The third kappa shape index (κ3) is 4.74. The first-order chi connectivity index (χ1) is 10.8. The highest BCUT2D eigenvalue weighted by Crippen LogP contribution is 2.11. The Hall–Kier alpha value is -2.49. The fourth-order valence-electron chi connectivity index (χ4n) is 1.74. The van der Waals surface area contributed by atoms with Crippen molar-refractivity contribution in [1.82, 2.24) is 25.3 Å². The first kappa shape index (κ1) is 16.9. The monoisotopic (exact) mass is 339 g/mol. The van der Waals surface area contributed by atoms with Gasteiger partial charge >= 0.3 is 12.1 Å². The number of thiazole rings is 1. The standard InChI is InChI=1S/C13H17N5O4S/c1-13(2,3)22-12(21)14-4-9-10(11(19)20)16-17-18(9)5-8-6-23-7-15-8/h6-7H,4-5H2,1-3H3,(H,14,21)(H,19,20). The fraction of sp³-hybridized carbons (Fsp3) is 0.462. The summed E-state index contributed by atoms with van der Waals surface area (Å²) in [6.45, 7) is 5.43. The van der Waals surface area contributed by atoms with E-state index >= 15 is 0 Å². The lowest BCUT2D eigenvalue weighted by Crippen LogP contribution is -2.33. The summed E-state index contributed by atoms with van der Waals surface area (Å²) in [5.74, 6) is -1.21. The molecule has 2 aromatic heterocycles. The molecule has 2 rings (SSSR count). The molecule has 0 aliphatic rings. The molecule has 2 heterocycles. The van der Waals surface area contributed by atoms with Gasteiger partial charge in [-0.05, 0) is 20.8 Å². The lowest BCUT2D eigenvalue weighted by Gasteiger charge is -2.19. The molecule has 0 saturated heterocycles. The van der Waals surface area contributed by atoms with Crippen molar-refractivity contribution < 1.29 is 19.4 Å². The van der Waals surface area contributed by atoms with Gasteiger partial charge in [-0.25, -0.2) is 19.3 Å². The van der Waals surface area contributed by atoms with Crippen LogP contribution >= 0.6 is 11.3 Å². The third-order valence-corrected chi connectivity index (χ3v) is 3.27. The van der Waals surface area contributed by atoms with Crippen LogP contribution in [0.25, 0.3) is 0 Å². The Morgan fingerprint density at radius 2 is 2.17 bits per heavy atom. The molecule has 0 aliphatic heterocycles. The molecule has 124 valence electrons. The van der Waals surface area contributed by atoms with Crippen LogP contribution in [-0.4, -0.2) is 42.7 Å². The highest BCUT2D eigenvalue weighted by molar-refractivity contribution is 7.07. The predicted octanol–water partition coefficient (Wildman–Crippen LogP) is 1.51. The van der Waals surface area contributed by atoms with Gasteiger partial charge < -0.3 is 15.2 Å². The number of hydrogen-bond donors (Lipinski definition) is 2. The summed E-state index contributed by atoms with van der Waals surface area (Å²) in [5.41, 5.74) is 1.82. The number of amides is 1. The number of carbonyl (C=O) groups excluding carboxylic acids is 1. The number of alkyl carbamates (subject to hydrolysis) is 1. The van der Waals surface area contributed by atoms with Crippen LogP contribution < -0.4 is 5.32 Å². The maximum atomic E-state index is 11.7. The summed E-state index contributed by atoms with van der Waals surface area (Å²) in [5, 5.41) is 21.0. The average molecular weight is 339 g/mol. The Morgan fingerprint density at radius 3 is 2.74 bits per heavy atom. The van der Waals surface area contributed by atoms with Crippen LogP contribution in [0.2, 0.25) is 0 Å². The lowest BCUT2D eigenvalue weighted by atomic mass is 10.2. The largest absolute Gasteiger partial charge is 0.476 e. The number of carboxylic acids is 1. The fourth-order valence-corrected chi connectivity index (χ4v) is 2.29. The maximum Gasteiger partial charge on any atom is 0.407 e. The van der Waals surface area contributed by atoms with E-state index in [2.05, 4.69) is 20.6 Å². The number of ether oxygens (including phenoxy) is 1. The van der Waals surface area contributed by atoms with Crippen molar-refractivity contribution >= 4 is 23.4 Å². The summed E-state index contributed by atoms with van der Waals surface area (Å²) in [4.78, 5) is 27.1. The van der Waals surface area contributed by atoms with Crippen molar-refractivity contribution in [2.24, 2.45) is 0 Å². The van der Waals surface area contributed by atoms with Crippen molar-refractivity contribution in [1.29, 1.82) is 0 Å². The molecule has 0 saturated carbocycles. The highest BCUT2D eigenvalue weighted by Gasteiger charge is 2.21. The number of aromatic nitrogens is 4. The first-order valence-corrected chi connectivity index (χ1v) is 7.70. The van der Waals surface area contributed by atoms with E-state index in [0.29, 0.717) is 0 Å². The van der Waals surface area contributed by atoms with E-state index in [1.807, 2.05) is 5.38 Å². The summed E-state index contributed by atoms with van der Waals surface area (Å²) in [6, 6.07) is 0. The van der Waals surface area contributed by atoms with E-state index in [1.54, 1.807) is 26.3 Å². The number of nitrogens with one attached hydrogen (secondary N) is 1. The van der Waals surface area contributed by atoms with E-state index in [1.165, 1.54) is 16.0 Å². The zero-order valence-electron chi connectivity index (χ0n) is 12.9. The zero-order chi connectivity index (χ0) is 17.0. The molecule has 23 heavy (non-hydrogen) atoms. The van der Waals surface area contributed by atoms with E-state index in [9.17, 15) is 14.7 Å². The Balaban J connectivity index is 2.13. The van der Waals surface area contributed by atoms with Crippen LogP contribution in [0.3, 0.4) is 0 Å². The molecule has 0 fully saturated rings. The van der Waals surface area contributed by atoms with Gasteiger partial charge in [0.2, 0.25) is 0 Å². The molecule has 2 N–H and O–H groups in total. The topological polar surface area (TPSA) is 119 Å². The Kier molecular flexibility index (Phi) is 4.94. The van der Waals surface area contributed by atoms with E-state index in [0.717, 1.165) is 5.69 Å². The van der Waals surface area contributed by atoms with Crippen LogP contribution in [0.5, 0.6) is 0 Å². The van der Waals surface area contributed by atoms with Crippen molar-refractivity contribution in [2.45, 2.75) is 39.5 Å². The number of aromatic carboxylic acids is 1. The third-order valence-electron chi connectivity index (χ3n) is 2.63. The van der Waals surface area contributed by atoms with E-state index in [-0.39, 0.29) is 24.5 Å². The summed E-state index contributed by atoms with van der Waals surface area (Å²) < 4.78 is 6.52. The van der Waals surface area contributed by atoms with Crippen LogP contribution in [0, 0.1) is 0 Å². The molecule has 0 aliphatic carbocycles. The van der Waals surface area contributed by atoms with Crippen molar-refractivity contribution in [3.63, 3.8) is 0 Å². The van der Waals surface area contributed by atoms with Gasteiger partial charge in [-0.3, -0.25) is 0 Å². The SMILES string of the molecule is CC(C)(C)OC(=O)NCc1c(C(=O)O)nnn1Cc1cscn1. The highest BCUT2D eigenvalue weighted by atomic mass is 32.1. The summed E-state index contributed by atoms with van der Waals surface area (Å²) in [7, 11) is 0. The molecule has 0 atom stereocenters. The molecule has 9 nitrogen and oxygen atoms in total. The molecule has 0 radical (unpaired) electrons. The second-order valence-corrected chi connectivity index (χ2v) is 6.40. The minimum Gasteiger partial charge on any atom is -0.476 e. The number of carbonyl (C=O) groups is 2. The molecule has 2 aromatic rings. The molecule has 0 bridgehead atoms. The Morgan fingerprint density at radius 1 is 1.43 bits per heavy atom. The zero-order valence-corrected chi connectivity index (χ0v) is 13.8. The summed E-state index contributed by atoms with van der Waals surface area (Å²) in [6.07, 6.45) is -0.643. The van der Waals surface area contributed by atoms with Crippen molar-refractivity contribution in [3.05, 3.63) is 28.0 Å². The number of rotatable bonds is 5. The molecular formula is C13H17N5O4S. The lowest BCUT2D eigenvalue weighted by molar-refractivity contribution is 0.0519. The van der Waals surface area contributed by atoms with Crippen molar-refractivity contribution in [2.75, 3.05) is 0 Å². The van der Waals surface area contributed by atoms with Gasteiger partial charge in [0, 0.05) is 5.38 Å². The van der Waals surface area contributed by atoms with Gasteiger partial charge in [-0.1, -0.05) is 5.21 Å². The number of nitrogens with zero attached hydrogens (tertiary/aromatic N) is 4. The molecule has 1 amide bonds. The number of hydrogen-bond acceptors (Lipinski definition) is 7. The first-order valence-electron chi connectivity index (χ1n) is 6.76. The molecule has 0 spiro atoms. The minimum absolute atomic E-state index is 0.0618. The second-order valence-electron chi connectivity index (χ2n) is 5.68. The molecule has 0 unspecified atom stereocenters. The van der Waals surface area contributed by atoms with E-state index < -0.39 is 17.7 Å². The van der Waals surface area contributed by atoms with E-state index in [4.69, 9.17) is 4.74 Å². The molecule has 0 aromatic carbocycles. The quantitative estimate of drug-likeness (QED) is 0.847. The average Bonchev–Trinajstić information content (AvgIpc) is 3.04. The smallest absolute Gasteiger partial charge is 0.407 e. The van der Waals surface area contributed by atoms with Gasteiger partial charge in [0.1, 0.15) is 5.60 Å². The number of carboxylic acid groups (broad SMARTS) is 1. The Bertz CT molecular complexity index is 690. The second kappa shape index (κ2) is 6.73. The predicted molar refractivity (Wildman–Crippen MR) is 81.3 cm³/mol. The van der Waals surface area contributed by atoms with Crippen molar-refractivity contribution in [3.8, 4) is 0 Å². The molecule has 10 heteroatoms.